The SMILES string of the molecule is CC[C@H]1[C@@H](O)[C@@H]2[C@H](CC[C@]3(C)[C@@H]([C@H](C)CCC(=O)CS(C)(=O)=O)CC[C@@H]23)[C@@]2(C)CC[C@@H](O)C[C@@H]12. The van der Waals surface area contributed by atoms with E-state index in [4.69, 9.17) is 0 Å². The van der Waals surface area contributed by atoms with Gasteiger partial charge in [0, 0.05) is 12.7 Å². The Kier molecular flexibility index (Phi) is 7.39. The van der Waals surface area contributed by atoms with E-state index in [1.54, 1.807) is 0 Å². The zero-order valence-corrected chi connectivity index (χ0v) is 22.8. The van der Waals surface area contributed by atoms with Crippen LogP contribution >= 0.6 is 0 Å². The lowest BCUT2D eigenvalue weighted by Crippen LogP contribution is -2.62. The number of sulfone groups is 1. The first kappa shape index (κ1) is 26.6. The highest BCUT2D eigenvalue weighted by atomic mass is 32.2. The first-order valence-corrected chi connectivity index (χ1v) is 15.9. The van der Waals surface area contributed by atoms with Crippen LogP contribution in [-0.2, 0) is 14.6 Å². The molecular weight excluding hydrogens is 448 g/mol. The van der Waals surface area contributed by atoms with Gasteiger partial charge < -0.3 is 10.2 Å². The van der Waals surface area contributed by atoms with Crippen molar-refractivity contribution >= 4 is 15.6 Å². The van der Waals surface area contributed by atoms with Crippen LogP contribution in [0.25, 0.3) is 0 Å². The summed E-state index contributed by atoms with van der Waals surface area (Å²) in [5.74, 6) is 2.47. The van der Waals surface area contributed by atoms with Crippen molar-refractivity contribution < 1.29 is 23.4 Å². The van der Waals surface area contributed by atoms with Crippen LogP contribution in [0.5, 0.6) is 0 Å². The van der Waals surface area contributed by atoms with Gasteiger partial charge in [-0.25, -0.2) is 8.42 Å². The molecule has 11 atom stereocenters. The molecule has 4 aliphatic carbocycles. The van der Waals surface area contributed by atoms with Crippen LogP contribution in [0, 0.1) is 52.3 Å². The van der Waals surface area contributed by atoms with Gasteiger partial charge in [-0.05, 0) is 104 Å². The molecule has 196 valence electrons. The van der Waals surface area contributed by atoms with Crippen molar-refractivity contribution in [3.63, 3.8) is 0 Å². The Morgan fingerprint density at radius 3 is 2.29 bits per heavy atom. The lowest BCUT2D eigenvalue weighted by molar-refractivity contribution is -0.203. The molecule has 0 saturated heterocycles. The van der Waals surface area contributed by atoms with E-state index in [0.717, 1.165) is 57.6 Å². The van der Waals surface area contributed by atoms with Gasteiger partial charge in [0.05, 0.1) is 12.2 Å². The summed E-state index contributed by atoms with van der Waals surface area (Å²) in [6.07, 6.45) is 10.2. The monoisotopic (exact) mass is 496 g/mol. The molecule has 4 rings (SSSR count). The van der Waals surface area contributed by atoms with Gasteiger partial charge in [0.1, 0.15) is 11.5 Å². The number of rotatable bonds is 7. The smallest absolute Gasteiger partial charge is 0.154 e. The van der Waals surface area contributed by atoms with E-state index in [1.165, 1.54) is 6.42 Å². The fraction of sp³-hybridized carbons (Fsp3) is 0.964. The van der Waals surface area contributed by atoms with Gasteiger partial charge >= 0.3 is 0 Å². The van der Waals surface area contributed by atoms with Crippen LogP contribution in [0.15, 0.2) is 0 Å². The highest BCUT2D eigenvalue weighted by Crippen LogP contribution is 2.69. The first-order valence-electron chi connectivity index (χ1n) is 13.9. The Morgan fingerprint density at radius 1 is 1.00 bits per heavy atom. The zero-order valence-electron chi connectivity index (χ0n) is 22.0. The number of carbonyl (C=O) groups is 1. The van der Waals surface area contributed by atoms with Crippen molar-refractivity contribution in [1.82, 2.24) is 0 Å². The second kappa shape index (κ2) is 9.45. The molecule has 0 aromatic carbocycles. The number of hydrogen-bond acceptors (Lipinski definition) is 5. The average molecular weight is 497 g/mol. The maximum Gasteiger partial charge on any atom is 0.154 e. The predicted molar refractivity (Wildman–Crippen MR) is 135 cm³/mol. The fourth-order valence-electron chi connectivity index (χ4n) is 9.89. The predicted octanol–water partition coefficient (Wildman–Crippen LogP) is 4.64. The van der Waals surface area contributed by atoms with Crippen LogP contribution in [0.4, 0.5) is 0 Å². The summed E-state index contributed by atoms with van der Waals surface area (Å²) in [5, 5.41) is 22.2. The van der Waals surface area contributed by atoms with E-state index >= 15 is 0 Å². The average Bonchev–Trinajstić information content (AvgIpc) is 3.09. The van der Waals surface area contributed by atoms with Crippen LogP contribution in [0.3, 0.4) is 0 Å². The Bertz CT molecular complexity index is 870. The first-order chi connectivity index (χ1) is 15.8. The number of aliphatic hydroxyl groups is 2. The lowest BCUT2D eigenvalue weighted by atomic mass is 9.41. The largest absolute Gasteiger partial charge is 0.393 e. The Labute approximate surface area is 207 Å². The molecular formula is C28H48O5S. The van der Waals surface area contributed by atoms with Gasteiger partial charge in [0.2, 0.25) is 0 Å². The maximum atomic E-state index is 12.2. The topological polar surface area (TPSA) is 91.7 Å². The standard InChI is InChI=1S/C28H48O5S/c1-6-20-24-15-18(29)11-13-28(24,4)23-12-14-27(3)21(9-10-22(27)25(23)26(20)31)17(2)7-8-19(30)16-34(5,32)33/h17-18,20-26,29,31H,6-16H2,1-5H3/t17-,18-,20-,21-,22+,23+,24+,25+,26-,27-,28-/m1/s1. The molecule has 6 heteroatoms. The molecule has 4 aliphatic rings. The Morgan fingerprint density at radius 2 is 1.65 bits per heavy atom. The van der Waals surface area contributed by atoms with Gasteiger partial charge in [-0.3, -0.25) is 4.79 Å². The minimum atomic E-state index is -3.26. The normalized spacial score (nSPS) is 47.4. The van der Waals surface area contributed by atoms with Crippen molar-refractivity contribution in [3.05, 3.63) is 0 Å². The molecule has 2 N–H and O–H groups in total. The van der Waals surface area contributed by atoms with Gasteiger partial charge in [-0.15, -0.1) is 0 Å². The number of Topliss-reactive ketones (excluding diaryl/α,β-unsaturated/α-hetero) is 1. The minimum absolute atomic E-state index is 0.162. The molecule has 0 radical (unpaired) electrons. The molecule has 34 heavy (non-hydrogen) atoms. The molecule has 0 bridgehead atoms. The highest BCUT2D eigenvalue weighted by Gasteiger charge is 2.64. The van der Waals surface area contributed by atoms with E-state index in [-0.39, 0.29) is 40.5 Å². The lowest BCUT2D eigenvalue weighted by Gasteiger charge is -2.64. The summed E-state index contributed by atoms with van der Waals surface area (Å²) >= 11 is 0. The van der Waals surface area contributed by atoms with Crippen molar-refractivity contribution in [3.8, 4) is 0 Å². The third-order valence-corrected chi connectivity index (χ3v) is 12.3. The van der Waals surface area contributed by atoms with Gasteiger partial charge in [-0.1, -0.05) is 34.1 Å². The van der Waals surface area contributed by atoms with Crippen LogP contribution in [0.1, 0.15) is 91.9 Å². The Hall–Kier alpha value is -0.460. The number of carbonyl (C=O) groups excluding carboxylic acids is 1. The quantitative estimate of drug-likeness (QED) is 0.536. The highest BCUT2D eigenvalue weighted by molar-refractivity contribution is 7.91. The number of aliphatic hydroxyl groups excluding tert-OH is 2. The molecule has 0 aromatic rings. The summed E-state index contributed by atoms with van der Waals surface area (Å²) in [4.78, 5) is 12.2. The van der Waals surface area contributed by atoms with E-state index in [9.17, 15) is 23.4 Å². The summed E-state index contributed by atoms with van der Waals surface area (Å²) in [7, 11) is -3.26. The van der Waals surface area contributed by atoms with Gasteiger partial charge in [0.15, 0.2) is 9.84 Å². The third kappa shape index (κ3) is 4.53. The molecule has 0 amide bonds. The van der Waals surface area contributed by atoms with Crippen LogP contribution in [-0.4, -0.2) is 48.6 Å². The van der Waals surface area contributed by atoms with Crippen molar-refractivity contribution in [2.24, 2.45) is 52.3 Å². The molecule has 0 heterocycles. The summed E-state index contributed by atoms with van der Waals surface area (Å²) in [6, 6.07) is 0. The minimum Gasteiger partial charge on any atom is -0.393 e. The molecule has 5 nitrogen and oxygen atoms in total. The van der Waals surface area contributed by atoms with Crippen molar-refractivity contribution in [1.29, 1.82) is 0 Å². The summed E-state index contributed by atoms with van der Waals surface area (Å²) in [6.45, 7) is 9.39. The van der Waals surface area contributed by atoms with Gasteiger partial charge in [-0.2, -0.15) is 0 Å². The molecule has 0 aromatic heterocycles. The van der Waals surface area contributed by atoms with Gasteiger partial charge in [0.25, 0.3) is 0 Å². The zero-order chi connectivity index (χ0) is 25.1. The van der Waals surface area contributed by atoms with E-state index < -0.39 is 9.84 Å². The number of fused-ring (bicyclic) bond motifs is 5. The van der Waals surface area contributed by atoms with Crippen LogP contribution < -0.4 is 0 Å². The van der Waals surface area contributed by atoms with E-state index in [0.29, 0.717) is 41.9 Å². The molecule has 0 aliphatic heterocycles. The second-order valence-electron chi connectivity index (χ2n) is 13.2. The molecule has 0 unspecified atom stereocenters. The maximum absolute atomic E-state index is 12.2. The fourth-order valence-corrected chi connectivity index (χ4v) is 10.6. The summed E-state index contributed by atoms with van der Waals surface area (Å²) < 4.78 is 23.0. The molecule has 4 fully saturated rings. The Balaban J connectivity index is 1.52. The van der Waals surface area contributed by atoms with E-state index in [2.05, 4.69) is 27.7 Å². The summed E-state index contributed by atoms with van der Waals surface area (Å²) in [5.41, 5.74) is 0.393. The number of ketones is 1. The van der Waals surface area contributed by atoms with Crippen LogP contribution in [0.2, 0.25) is 0 Å². The second-order valence-corrected chi connectivity index (χ2v) is 15.4. The number of hydrogen-bond donors (Lipinski definition) is 2. The molecule has 0 spiro atoms. The van der Waals surface area contributed by atoms with Crippen molar-refractivity contribution in [2.75, 3.05) is 12.0 Å². The third-order valence-electron chi connectivity index (χ3n) is 11.5. The molecule has 4 saturated carbocycles. The van der Waals surface area contributed by atoms with Crippen molar-refractivity contribution in [2.45, 2.75) is 104 Å². The van der Waals surface area contributed by atoms with E-state index in [1.807, 2.05) is 0 Å².